The van der Waals surface area contributed by atoms with Crippen molar-refractivity contribution in [1.29, 1.82) is 0 Å². The molecule has 2 heteroatoms. The van der Waals surface area contributed by atoms with E-state index in [0.29, 0.717) is 0 Å². The number of hydrogen-bond acceptors (Lipinski definition) is 2. The summed E-state index contributed by atoms with van der Waals surface area (Å²) in [5.41, 5.74) is 1.83. The van der Waals surface area contributed by atoms with Crippen LogP contribution in [0.4, 0.5) is 0 Å². The second-order valence-corrected chi connectivity index (χ2v) is 4.34. The summed E-state index contributed by atoms with van der Waals surface area (Å²) in [7, 11) is 0. The number of Topliss-reactive ketones (excluding diaryl/α,β-unsaturated/α-hetero) is 1. The van der Waals surface area contributed by atoms with Crippen molar-refractivity contribution >= 4 is 5.78 Å². The molecule has 0 saturated heterocycles. The average Bonchev–Trinajstić information content (AvgIpc) is 2.42. The standard InChI is InChI=1S/C16H20O2/c1-5-10-18-14-8-9-15(13(7-3)11-14)16(17)12(4)6-2/h1,8-9,11-12H,6-7,10H2,2-4H3. The molecule has 0 fully saturated rings. The fourth-order valence-corrected chi connectivity index (χ4v) is 1.77. The van der Waals surface area contributed by atoms with E-state index in [4.69, 9.17) is 11.2 Å². The summed E-state index contributed by atoms with van der Waals surface area (Å²) in [4.78, 5) is 12.2. The Kier molecular flexibility index (Phi) is 5.45. The van der Waals surface area contributed by atoms with Gasteiger partial charge in [0, 0.05) is 11.5 Å². The summed E-state index contributed by atoms with van der Waals surface area (Å²) in [5.74, 6) is 3.43. The number of ketones is 1. The van der Waals surface area contributed by atoms with Crippen LogP contribution in [0.25, 0.3) is 0 Å². The molecule has 0 aliphatic heterocycles. The Morgan fingerprint density at radius 2 is 2.17 bits per heavy atom. The van der Waals surface area contributed by atoms with E-state index in [0.717, 1.165) is 29.7 Å². The lowest BCUT2D eigenvalue weighted by Crippen LogP contribution is -2.12. The van der Waals surface area contributed by atoms with Crippen LogP contribution in [-0.2, 0) is 6.42 Å². The molecular weight excluding hydrogens is 224 g/mol. The van der Waals surface area contributed by atoms with Crippen LogP contribution in [0.2, 0.25) is 0 Å². The molecule has 96 valence electrons. The van der Waals surface area contributed by atoms with Crippen molar-refractivity contribution < 1.29 is 9.53 Å². The fourth-order valence-electron chi connectivity index (χ4n) is 1.77. The first-order valence-corrected chi connectivity index (χ1v) is 6.37. The maximum atomic E-state index is 12.2. The molecule has 18 heavy (non-hydrogen) atoms. The van der Waals surface area contributed by atoms with Crippen LogP contribution in [0.5, 0.6) is 5.75 Å². The van der Waals surface area contributed by atoms with E-state index >= 15 is 0 Å². The number of hydrogen-bond donors (Lipinski definition) is 0. The van der Waals surface area contributed by atoms with Crippen LogP contribution in [0.3, 0.4) is 0 Å². The van der Waals surface area contributed by atoms with Gasteiger partial charge in [0.05, 0.1) is 0 Å². The van der Waals surface area contributed by atoms with E-state index in [1.807, 2.05) is 39.0 Å². The Bertz CT molecular complexity index is 455. The molecule has 1 atom stereocenters. The highest BCUT2D eigenvalue weighted by Crippen LogP contribution is 2.22. The van der Waals surface area contributed by atoms with Gasteiger partial charge in [0.1, 0.15) is 12.4 Å². The molecule has 1 aromatic rings. The molecule has 0 aromatic heterocycles. The Morgan fingerprint density at radius 3 is 2.72 bits per heavy atom. The highest BCUT2D eigenvalue weighted by molar-refractivity contribution is 5.99. The maximum Gasteiger partial charge on any atom is 0.165 e. The number of ether oxygens (including phenoxy) is 1. The van der Waals surface area contributed by atoms with E-state index in [1.165, 1.54) is 0 Å². The van der Waals surface area contributed by atoms with Crippen molar-refractivity contribution in [3.8, 4) is 18.1 Å². The van der Waals surface area contributed by atoms with Crippen molar-refractivity contribution in [2.45, 2.75) is 33.6 Å². The third-order valence-electron chi connectivity index (χ3n) is 3.11. The molecule has 0 aliphatic carbocycles. The van der Waals surface area contributed by atoms with Crippen LogP contribution in [0.15, 0.2) is 18.2 Å². The second-order valence-electron chi connectivity index (χ2n) is 4.34. The Morgan fingerprint density at radius 1 is 1.44 bits per heavy atom. The molecule has 0 radical (unpaired) electrons. The molecule has 0 saturated carbocycles. The molecule has 0 spiro atoms. The molecule has 2 nitrogen and oxygen atoms in total. The highest BCUT2D eigenvalue weighted by atomic mass is 16.5. The van der Waals surface area contributed by atoms with Gasteiger partial charge in [0.25, 0.3) is 0 Å². The third-order valence-corrected chi connectivity index (χ3v) is 3.11. The Labute approximate surface area is 109 Å². The minimum absolute atomic E-state index is 0.0628. The highest BCUT2D eigenvalue weighted by Gasteiger charge is 2.16. The molecule has 0 heterocycles. The number of benzene rings is 1. The normalized spacial score (nSPS) is 11.7. The van der Waals surface area contributed by atoms with E-state index in [9.17, 15) is 4.79 Å². The average molecular weight is 244 g/mol. The predicted molar refractivity (Wildman–Crippen MR) is 73.9 cm³/mol. The lowest BCUT2D eigenvalue weighted by atomic mass is 9.92. The Balaban J connectivity index is 3.00. The van der Waals surface area contributed by atoms with Crippen molar-refractivity contribution in [3.05, 3.63) is 29.3 Å². The zero-order valence-electron chi connectivity index (χ0n) is 11.3. The molecule has 0 amide bonds. The summed E-state index contributed by atoms with van der Waals surface area (Å²) in [6, 6.07) is 5.57. The van der Waals surface area contributed by atoms with Gasteiger partial charge in [0.15, 0.2) is 5.78 Å². The summed E-state index contributed by atoms with van der Waals surface area (Å²) < 4.78 is 5.37. The van der Waals surface area contributed by atoms with Crippen LogP contribution in [0, 0.1) is 18.3 Å². The number of carbonyl (C=O) groups is 1. The molecule has 0 bridgehead atoms. The van der Waals surface area contributed by atoms with Crippen LogP contribution in [-0.4, -0.2) is 12.4 Å². The number of aryl methyl sites for hydroxylation is 1. The Hall–Kier alpha value is -1.75. The zero-order valence-corrected chi connectivity index (χ0v) is 11.3. The maximum absolute atomic E-state index is 12.2. The van der Waals surface area contributed by atoms with E-state index in [1.54, 1.807) is 0 Å². The lowest BCUT2D eigenvalue weighted by Gasteiger charge is -2.13. The van der Waals surface area contributed by atoms with Gasteiger partial charge in [-0.2, -0.15) is 0 Å². The molecule has 0 aliphatic rings. The fraction of sp³-hybridized carbons (Fsp3) is 0.438. The zero-order chi connectivity index (χ0) is 13.5. The topological polar surface area (TPSA) is 26.3 Å². The summed E-state index contributed by atoms with van der Waals surface area (Å²) in [5, 5.41) is 0. The number of rotatable bonds is 6. The van der Waals surface area contributed by atoms with Crippen molar-refractivity contribution in [3.63, 3.8) is 0 Å². The molecule has 1 unspecified atom stereocenters. The lowest BCUT2D eigenvalue weighted by molar-refractivity contribution is 0.0926. The molecule has 1 aromatic carbocycles. The van der Waals surface area contributed by atoms with Gasteiger partial charge in [-0.05, 0) is 36.6 Å². The van der Waals surface area contributed by atoms with E-state index < -0.39 is 0 Å². The number of terminal acetylenes is 1. The van der Waals surface area contributed by atoms with Crippen molar-refractivity contribution in [2.75, 3.05) is 6.61 Å². The van der Waals surface area contributed by atoms with Crippen LogP contribution in [0.1, 0.15) is 43.1 Å². The third kappa shape index (κ3) is 3.37. The quantitative estimate of drug-likeness (QED) is 0.565. The van der Waals surface area contributed by atoms with Crippen molar-refractivity contribution in [1.82, 2.24) is 0 Å². The molecular formula is C16H20O2. The first-order chi connectivity index (χ1) is 8.63. The SMILES string of the molecule is C#CCOc1ccc(C(=O)C(C)CC)c(CC)c1. The number of carbonyl (C=O) groups excluding carboxylic acids is 1. The van der Waals surface area contributed by atoms with Gasteiger partial charge in [0.2, 0.25) is 0 Å². The summed E-state index contributed by atoms with van der Waals surface area (Å²) >= 11 is 0. The minimum Gasteiger partial charge on any atom is -0.481 e. The smallest absolute Gasteiger partial charge is 0.165 e. The monoisotopic (exact) mass is 244 g/mol. The second kappa shape index (κ2) is 6.86. The van der Waals surface area contributed by atoms with Gasteiger partial charge >= 0.3 is 0 Å². The van der Waals surface area contributed by atoms with Crippen molar-refractivity contribution in [2.24, 2.45) is 5.92 Å². The molecule has 0 N–H and O–H groups in total. The first-order valence-electron chi connectivity index (χ1n) is 6.37. The van der Waals surface area contributed by atoms with Gasteiger partial charge in [-0.15, -0.1) is 6.42 Å². The minimum atomic E-state index is 0.0628. The first kappa shape index (κ1) is 14.3. The van der Waals surface area contributed by atoms with E-state index in [-0.39, 0.29) is 18.3 Å². The summed E-state index contributed by atoms with van der Waals surface area (Å²) in [6.07, 6.45) is 6.82. The van der Waals surface area contributed by atoms with Crippen LogP contribution < -0.4 is 4.74 Å². The summed E-state index contributed by atoms with van der Waals surface area (Å²) in [6.45, 7) is 6.28. The van der Waals surface area contributed by atoms with E-state index in [2.05, 4.69) is 5.92 Å². The molecule has 1 rings (SSSR count). The predicted octanol–water partition coefficient (Wildman–Crippen LogP) is 3.49. The van der Waals surface area contributed by atoms with Crippen LogP contribution >= 0.6 is 0 Å². The van der Waals surface area contributed by atoms with Gasteiger partial charge in [-0.1, -0.05) is 26.7 Å². The largest absolute Gasteiger partial charge is 0.481 e. The van der Waals surface area contributed by atoms with Gasteiger partial charge in [-0.3, -0.25) is 4.79 Å². The van der Waals surface area contributed by atoms with Gasteiger partial charge in [-0.25, -0.2) is 0 Å². The van der Waals surface area contributed by atoms with Gasteiger partial charge < -0.3 is 4.74 Å².